The molecule has 1 aromatic carbocycles. The van der Waals surface area contributed by atoms with E-state index in [1.165, 1.54) is 13.0 Å². The van der Waals surface area contributed by atoms with Crippen LogP contribution in [0.15, 0.2) is 6.07 Å². The highest BCUT2D eigenvalue weighted by Gasteiger charge is 2.12. The van der Waals surface area contributed by atoms with Crippen LogP contribution in [0.5, 0.6) is 0 Å². The molecule has 12 heavy (non-hydrogen) atoms. The molecule has 0 fully saturated rings. The lowest BCUT2D eigenvalue weighted by molar-refractivity contribution is 0.619. The van der Waals surface area contributed by atoms with Crippen LogP contribution in [0.1, 0.15) is 11.1 Å². The molecule has 1 rings (SSSR count). The number of aryl methyl sites for hydroxylation is 1. The zero-order valence-electron chi connectivity index (χ0n) is 6.16. The molecule has 0 heterocycles. The molecule has 0 saturated carbocycles. The number of nitrogens with zero attached hydrogens (tertiary/aromatic N) is 1. The van der Waals surface area contributed by atoms with E-state index in [9.17, 15) is 4.39 Å². The average molecular weight is 204 g/mol. The summed E-state index contributed by atoms with van der Waals surface area (Å²) in [6.45, 7) is 1.53. The highest BCUT2D eigenvalue weighted by Crippen LogP contribution is 2.30. The zero-order chi connectivity index (χ0) is 9.30. The minimum atomic E-state index is -0.569. The first-order valence-electron chi connectivity index (χ1n) is 3.12. The van der Waals surface area contributed by atoms with Gasteiger partial charge in [-0.3, -0.25) is 0 Å². The molecule has 1 nitrogen and oxygen atoms in total. The maximum absolute atomic E-state index is 13.0. The van der Waals surface area contributed by atoms with Gasteiger partial charge in [0.25, 0.3) is 0 Å². The van der Waals surface area contributed by atoms with Gasteiger partial charge in [0.15, 0.2) is 0 Å². The molecule has 0 aromatic heterocycles. The van der Waals surface area contributed by atoms with E-state index in [1.807, 2.05) is 6.07 Å². The van der Waals surface area contributed by atoms with E-state index in [0.717, 1.165) is 0 Å². The van der Waals surface area contributed by atoms with Gasteiger partial charge in [-0.05, 0) is 18.6 Å². The van der Waals surface area contributed by atoms with E-state index in [1.54, 1.807) is 0 Å². The molecular weight excluding hydrogens is 200 g/mol. The van der Waals surface area contributed by atoms with Crippen molar-refractivity contribution in [3.63, 3.8) is 0 Å². The lowest BCUT2D eigenvalue weighted by Crippen LogP contribution is -1.88. The molecule has 1 aromatic rings. The summed E-state index contributed by atoms with van der Waals surface area (Å²) in [4.78, 5) is 0. The lowest BCUT2D eigenvalue weighted by Gasteiger charge is -2.02. The normalized spacial score (nSPS) is 9.58. The molecule has 0 unspecified atom stereocenters. The van der Waals surface area contributed by atoms with Gasteiger partial charge < -0.3 is 0 Å². The smallest absolute Gasteiger partial charge is 0.146 e. The maximum atomic E-state index is 13.0. The van der Waals surface area contributed by atoms with Crippen molar-refractivity contribution in [1.29, 1.82) is 5.26 Å². The third-order valence-corrected chi connectivity index (χ3v) is 2.29. The Labute approximate surface area is 79.3 Å². The summed E-state index contributed by atoms with van der Waals surface area (Å²) in [5, 5.41) is 8.33. The van der Waals surface area contributed by atoms with E-state index in [2.05, 4.69) is 0 Å². The quantitative estimate of drug-likeness (QED) is 0.594. The predicted molar refractivity (Wildman–Crippen MR) is 45.9 cm³/mol. The number of nitriles is 1. The van der Waals surface area contributed by atoms with Crippen molar-refractivity contribution in [1.82, 2.24) is 0 Å². The lowest BCUT2D eigenvalue weighted by atomic mass is 10.1. The van der Waals surface area contributed by atoms with Crippen molar-refractivity contribution in [3.05, 3.63) is 33.1 Å². The molecule has 0 aliphatic heterocycles. The minimum Gasteiger partial charge on any atom is -0.205 e. The topological polar surface area (TPSA) is 23.8 Å². The van der Waals surface area contributed by atoms with Crippen LogP contribution < -0.4 is 0 Å². The van der Waals surface area contributed by atoms with Crippen molar-refractivity contribution < 1.29 is 4.39 Å². The summed E-state index contributed by atoms with van der Waals surface area (Å²) in [6, 6.07) is 3.19. The van der Waals surface area contributed by atoms with Gasteiger partial charge in [-0.2, -0.15) is 5.26 Å². The summed E-state index contributed by atoms with van der Waals surface area (Å²) >= 11 is 11.1. The fourth-order valence-electron chi connectivity index (χ4n) is 0.812. The van der Waals surface area contributed by atoms with Crippen LogP contribution in [-0.2, 0) is 0 Å². The molecule has 0 bridgehead atoms. The minimum absolute atomic E-state index is 0.0257. The van der Waals surface area contributed by atoms with Gasteiger partial charge in [0.2, 0.25) is 0 Å². The van der Waals surface area contributed by atoms with Crippen LogP contribution in [0.3, 0.4) is 0 Å². The van der Waals surface area contributed by atoms with Crippen LogP contribution in [0, 0.1) is 24.1 Å². The number of rotatable bonds is 0. The Hall–Kier alpha value is -0.780. The van der Waals surface area contributed by atoms with E-state index < -0.39 is 5.82 Å². The predicted octanol–water partition coefficient (Wildman–Crippen LogP) is 3.31. The number of hydrogen-bond donors (Lipinski definition) is 0. The Bertz CT molecular complexity index is 368. The summed E-state index contributed by atoms with van der Waals surface area (Å²) in [5.74, 6) is -0.569. The van der Waals surface area contributed by atoms with Gasteiger partial charge in [-0.1, -0.05) is 23.2 Å². The average Bonchev–Trinajstić information content (AvgIpc) is 2.08. The standard InChI is InChI=1S/C8H4Cl2FN/c1-4-2-5(3-12)6(9)7(10)8(4)11/h2H,1H3. The van der Waals surface area contributed by atoms with Crippen LogP contribution in [0.25, 0.3) is 0 Å². The summed E-state index contributed by atoms with van der Waals surface area (Å²) in [6.07, 6.45) is 0. The third-order valence-electron chi connectivity index (χ3n) is 1.45. The molecule has 0 aliphatic carbocycles. The van der Waals surface area contributed by atoms with Gasteiger partial charge in [0.1, 0.15) is 11.9 Å². The highest BCUT2D eigenvalue weighted by molar-refractivity contribution is 6.42. The molecule has 0 saturated heterocycles. The van der Waals surface area contributed by atoms with Crippen molar-refractivity contribution >= 4 is 23.2 Å². The van der Waals surface area contributed by atoms with Gasteiger partial charge in [-0.25, -0.2) is 4.39 Å². The second-order valence-electron chi connectivity index (χ2n) is 2.29. The molecule has 0 radical (unpaired) electrons. The Morgan fingerprint density at radius 2 is 2.00 bits per heavy atom. The van der Waals surface area contributed by atoms with Crippen molar-refractivity contribution in [2.24, 2.45) is 0 Å². The Morgan fingerprint density at radius 3 is 2.50 bits per heavy atom. The third kappa shape index (κ3) is 1.38. The monoisotopic (exact) mass is 203 g/mol. The largest absolute Gasteiger partial charge is 0.205 e. The molecule has 0 aliphatic rings. The molecule has 62 valence electrons. The molecule has 0 N–H and O–H groups in total. The second kappa shape index (κ2) is 3.30. The van der Waals surface area contributed by atoms with E-state index in [-0.39, 0.29) is 15.6 Å². The summed E-state index contributed by atoms with van der Waals surface area (Å²) < 4.78 is 13.0. The first-order valence-corrected chi connectivity index (χ1v) is 3.87. The van der Waals surface area contributed by atoms with E-state index in [4.69, 9.17) is 28.5 Å². The first-order chi connectivity index (χ1) is 5.57. The zero-order valence-corrected chi connectivity index (χ0v) is 7.67. The first kappa shape index (κ1) is 9.31. The van der Waals surface area contributed by atoms with Gasteiger partial charge in [-0.15, -0.1) is 0 Å². The Morgan fingerprint density at radius 1 is 1.42 bits per heavy atom. The van der Waals surface area contributed by atoms with Crippen LogP contribution >= 0.6 is 23.2 Å². The Kier molecular flexibility index (Phi) is 2.56. The summed E-state index contributed by atoms with van der Waals surface area (Å²) in [5.41, 5.74) is 0.515. The van der Waals surface area contributed by atoms with Gasteiger partial charge in [0.05, 0.1) is 15.6 Å². The molecule has 0 amide bonds. The number of hydrogen-bond acceptors (Lipinski definition) is 1. The van der Waals surface area contributed by atoms with Crippen LogP contribution in [-0.4, -0.2) is 0 Å². The fraction of sp³-hybridized carbons (Fsp3) is 0.125. The highest BCUT2D eigenvalue weighted by atomic mass is 35.5. The Balaban J connectivity index is 3.52. The van der Waals surface area contributed by atoms with Gasteiger partial charge >= 0.3 is 0 Å². The number of benzene rings is 1. The molecular formula is C8H4Cl2FN. The molecule has 0 atom stereocenters. The van der Waals surface area contributed by atoms with Crippen LogP contribution in [0.2, 0.25) is 10.0 Å². The molecule has 0 spiro atoms. The van der Waals surface area contributed by atoms with Crippen molar-refractivity contribution in [3.8, 4) is 6.07 Å². The SMILES string of the molecule is Cc1cc(C#N)c(Cl)c(Cl)c1F. The van der Waals surface area contributed by atoms with Crippen LogP contribution in [0.4, 0.5) is 4.39 Å². The van der Waals surface area contributed by atoms with E-state index in [0.29, 0.717) is 5.56 Å². The molecule has 4 heteroatoms. The fourth-order valence-corrected chi connectivity index (χ4v) is 1.24. The second-order valence-corrected chi connectivity index (χ2v) is 3.05. The van der Waals surface area contributed by atoms with Crippen molar-refractivity contribution in [2.75, 3.05) is 0 Å². The number of halogens is 3. The van der Waals surface area contributed by atoms with E-state index >= 15 is 0 Å². The summed E-state index contributed by atoms with van der Waals surface area (Å²) in [7, 11) is 0. The van der Waals surface area contributed by atoms with Gasteiger partial charge in [0, 0.05) is 0 Å². The van der Waals surface area contributed by atoms with Crippen molar-refractivity contribution in [2.45, 2.75) is 6.92 Å². The maximum Gasteiger partial charge on any atom is 0.146 e.